The first-order chi connectivity index (χ1) is 13.1. The molecule has 0 bridgehead atoms. The zero-order chi connectivity index (χ0) is 19.2. The van der Waals surface area contributed by atoms with Gasteiger partial charge in [0, 0.05) is 17.8 Å². The highest BCUT2D eigenvalue weighted by atomic mass is 35.5. The van der Waals surface area contributed by atoms with Crippen LogP contribution in [0.2, 0.25) is 5.02 Å². The third kappa shape index (κ3) is 4.71. The third-order valence-electron chi connectivity index (χ3n) is 3.71. The van der Waals surface area contributed by atoms with Gasteiger partial charge in [-0.2, -0.15) is 0 Å². The van der Waals surface area contributed by atoms with Gasteiger partial charge < -0.3 is 15.4 Å². The normalized spacial score (nSPS) is 10.3. The molecular weight excluding hydrogens is 371 g/mol. The summed E-state index contributed by atoms with van der Waals surface area (Å²) in [6.07, 6.45) is 2.76. The predicted octanol–water partition coefficient (Wildman–Crippen LogP) is 3.95. The Labute approximate surface area is 160 Å². The molecule has 0 aliphatic rings. The van der Waals surface area contributed by atoms with E-state index in [0.29, 0.717) is 27.8 Å². The molecule has 0 saturated heterocycles. The van der Waals surface area contributed by atoms with Gasteiger partial charge in [-0.1, -0.05) is 29.8 Å². The van der Waals surface area contributed by atoms with Crippen molar-refractivity contribution in [3.8, 4) is 5.75 Å². The van der Waals surface area contributed by atoms with Gasteiger partial charge in [0.2, 0.25) is 0 Å². The van der Waals surface area contributed by atoms with E-state index in [0.717, 1.165) is 0 Å². The standard InChI is InChI=1S/C19H16ClFN4O2/c1-27-17-7-6-13(8-14(17)20)25-18-11-22-16(10-23-18)19(26)24-9-12-4-2-3-5-15(12)21/h2-8,10-11H,9H2,1H3,(H,23,25)(H,24,26). The lowest BCUT2D eigenvalue weighted by Crippen LogP contribution is -2.24. The molecule has 0 unspecified atom stereocenters. The van der Waals surface area contributed by atoms with Gasteiger partial charge in [-0.15, -0.1) is 0 Å². The van der Waals surface area contributed by atoms with Crippen molar-refractivity contribution in [1.29, 1.82) is 0 Å². The first-order valence-electron chi connectivity index (χ1n) is 8.01. The summed E-state index contributed by atoms with van der Waals surface area (Å²) < 4.78 is 18.7. The zero-order valence-electron chi connectivity index (χ0n) is 14.4. The summed E-state index contributed by atoms with van der Waals surface area (Å²) in [5.74, 6) is 0.198. The Kier molecular flexibility index (Phi) is 5.83. The lowest BCUT2D eigenvalue weighted by Gasteiger charge is -2.09. The first kappa shape index (κ1) is 18.6. The number of hydrogen-bond donors (Lipinski definition) is 2. The summed E-state index contributed by atoms with van der Waals surface area (Å²) in [7, 11) is 1.54. The highest BCUT2D eigenvalue weighted by molar-refractivity contribution is 6.32. The molecule has 2 N–H and O–H groups in total. The molecule has 1 aromatic heterocycles. The van der Waals surface area contributed by atoms with Crippen LogP contribution in [0.4, 0.5) is 15.9 Å². The molecule has 3 aromatic rings. The maximum atomic E-state index is 13.6. The molecule has 0 spiro atoms. The number of nitrogens with zero attached hydrogens (tertiary/aromatic N) is 2. The molecule has 138 valence electrons. The van der Waals surface area contributed by atoms with Crippen LogP contribution >= 0.6 is 11.6 Å². The van der Waals surface area contributed by atoms with Crippen LogP contribution in [0, 0.1) is 5.82 Å². The summed E-state index contributed by atoms with van der Waals surface area (Å²) in [5.41, 5.74) is 1.23. The van der Waals surface area contributed by atoms with Gasteiger partial charge in [-0.25, -0.2) is 14.4 Å². The largest absolute Gasteiger partial charge is 0.495 e. The van der Waals surface area contributed by atoms with Crippen LogP contribution in [0.25, 0.3) is 0 Å². The van der Waals surface area contributed by atoms with Crippen LogP contribution in [0.3, 0.4) is 0 Å². The second-order valence-electron chi connectivity index (χ2n) is 5.54. The number of anilines is 2. The van der Waals surface area contributed by atoms with Crippen LogP contribution in [-0.4, -0.2) is 23.0 Å². The number of amides is 1. The van der Waals surface area contributed by atoms with Crippen LogP contribution < -0.4 is 15.4 Å². The van der Waals surface area contributed by atoms with E-state index >= 15 is 0 Å². The number of nitrogens with one attached hydrogen (secondary N) is 2. The lowest BCUT2D eigenvalue weighted by molar-refractivity contribution is 0.0945. The number of rotatable bonds is 6. The van der Waals surface area contributed by atoms with E-state index in [1.54, 1.807) is 36.4 Å². The van der Waals surface area contributed by atoms with Gasteiger partial charge in [0.1, 0.15) is 23.1 Å². The molecule has 0 saturated carbocycles. The number of ether oxygens (including phenoxy) is 1. The number of hydrogen-bond acceptors (Lipinski definition) is 5. The number of methoxy groups -OCH3 is 1. The van der Waals surface area contributed by atoms with Crippen molar-refractivity contribution >= 4 is 29.0 Å². The Morgan fingerprint density at radius 2 is 2.00 bits per heavy atom. The van der Waals surface area contributed by atoms with E-state index < -0.39 is 5.91 Å². The monoisotopic (exact) mass is 386 g/mol. The van der Waals surface area contributed by atoms with Gasteiger partial charge >= 0.3 is 0 Å². The molecule has 0 fully saturated rings. The SMILES string of the molecule is COc1ccc(Nc2cnc(C(=O)NCc3ccccc3F)cn2)cc1Cl. The number of carbonyl (C=O) groups excluding carboxylic acids is 1. The molecule has 0 aliphatic carbocycles. The smallest absolute Gasteiger partial charge is 0.271 e. The fraction of sp³-hybridized carbons (Fsp3) is 0.105. The molecule has 0 atom stereocenters. The molecular formula is C19H16ClFN4O2. The van der Waals surface area contributed by atoms with E-state index in [4.69, 9.17) is 16.3 Å². The molecule has 6 nitrogen and oxygen atoms in total. The molecule has 0 radical (unpaired) electrons. The van der Waals surface area contributed by atoms with Crippen molar-refractivity contribution in [2.24, 2.45) is 0 Å². The van der Waals surface area contributed by atoms with E-state index in [-0.39, 0.29) is 18.1 Å². The van der Waals surface area contributed by atoms with Crippen LogP contribution in [0.15, 0.2) is 54.9 Å². The highest BCUT2D eigenvalue weighted by Gasteiger charge is 2.10. The van der Waals surface area contributed by atoms with Gasteiger partial charge in [0.15, 0.2) is 0 Å². The fourth-order valence-electron chi connectivity index (χ4n) is 2.31. The maximum absolute atomic E-state index is 13.6. The van der Waals surface area contributed by atoms with Crippen molar-refractivity contribution in [2.45, 2.75) is 6.54 Å². The summed E-state index contributed by atoms with van der Waals surface area (Å²) in [6.45, 7) is 0.0670. The van der Waals surface area contributed by atoms with Crippen LogP contribution in [-0.2, 0) is 6.54 Å². The summed E-state index contributed by atoms with van der Waals surface area (Å²) >= 11 is 6.08. The van der Waals surface area contributed by atoms with E-state index in [2.05, 4.69) is 20.6 Å². The quantitative estimate of drug-likeness (QED) is 0.670. The fourth-order valence-corrected chi connectivity index (χ4v) is 2.57. The Bertz CT molecular complexity index is 951. The van der Waals surface area contributed by atoms with Crippen molar-refractivity contribution in [3.05, 3.63) is 77.0 Å². The van der Waals surface area contributed by atoms with Crippen LogP contribution in [0.5, 0.6) is 5.75 Å². The molecule has 3 rings (SSSR count). The molecule has 27 heavy (non-hydrogen) atoms. The topological polar surface area (TPSA) is 76.1 Å². The molecule has 8 heteroatoms. The maximum Gasteiger partial charge on any atom is 0.271 e. The number of carbonyl (C=O) groups is 1. The Balaban J connectivity index is 1.62. The number of benzene rings is 2. The Morgan fingerprint density at radius 1 is 1.19 bits per heavy atom. The minimum Gasteiger partial charge on any atom is -0.495 e. The van der Waals surface area contributed by atoms with Gasteiger partial charge in [-0.05, 0) is 24.3 Å². The minimum atomic E-state index is -0.440. The van der Waals surface area contributed by atoms with Gasteiger partial charge in [0.25, 0.3) is 5.91 Å². The summed E-state index contributed by atoms with van der Waals surface area (Å²) in [6, 6.07) is 11.4. The average molecular weight is 387 g/mol. The highest BCUT2D eigenvalue weighted by Crippen LogP contribution is 2.28. The first-order valence-corrected chi connectivity index (χ1v) is 8.39. The predicted molar refractivity (Wildman–Crippen MR) is 101 cm³/mol. The Morgan fingerprint density at radius 3 is 2.67 bits per heavy atom. The summed E-state index contributed by atoms with van der Waals surface area (Å²) in [5, 5.41) is 6.10. The molecule has 1 heterocycles. The Hall–Kier alpha value is -3.19. The third-order valence-corrected chi connectivity index (χ3v) is 4.00. The van der Waals surface area contributed by atoms with Crippen molar-refractivity contribution in [2.75, 3.05) is 12.4 Å². The second-order valence-corrected chi connectivity index (χ2v) is 5.94. The second kappa shape index (κ2) is 8.46. The van der Waals surface area contributed by atoms with Crippen LogP contribution in [0.1, 0.15) is 16.1 Å². The van der Waals surface area contributed by atoms with E-state index in [1.165, 1.54) is 25.6 Å². The minimum absolute atomic E-state index is 0.0670. The van der Waals surface area contributed by atoms with Gasteiger partial charge in [0.05, 0.1) is 24.5 Å². The molecule has 1 amide bonds. The molecule has 0 aliphatic heterocycles. The van der Waals surface area contributed by atoms with E-state index in [9.17, 15) is 9.18 Å². The van der Waals surface area contributed by atoms with Gasteiger partial charge in [-0.3, -0.25) is 4.79 Å². The average Bonchev–Trinajstić information content (AvgIpc) is 2.68. The number of halogens is 2. The zero-order valence-corrected chi connectivity index (χ0v) is 15.1. The van der Waals surface area contributed by atoms with Crippen molar-refractivity contribution < 1.29 is 13.9 Å². The number of aromatic nitrogens is 2. The molecule has 2 aromatic carbocycles. The van der Waals surface area contributed by atoms with Crippen molar-refractivity contribution in [1.82, 2.24) is 15.3 Å². The van der Waals surface area contributed by atoms with Crippen molar-refractivity contribution in [3.63, 3.8) is 0 Å². The summed E-state index contributed by atoms with van der Waals surface area (Å²) in [4.78, 5) is 20.4. The van der Waals surface area contributed by atoms with E-state index in [1.807, 2.05) is 0 Å². The lowest BCUT2D eigenvalue weighted by atomic mass is 10.2.